The second-order valence-electron chi connectivity index (χ2n) is 6.94. The molecule has 3 rings (SSSR count). The highest BCUT2D eigenvalue weighted by Crippen LogP contribution is 2.25. The maximum Gasteiger partial charge on any atom is 0.234 e. The van der Waals surface area contributed by atoms with Gasteiger partial charge in [0.05, 0.1) is 15.8 Å². The summed E-state index contributed by atoms with van der Waals surface area (Å²) < 4.78 is 7.63. The van der Waals surface area contributed by atoms with Crippen LogP contribution in [0.5, 0.6) is 5.75 Å². The van der Waals surface area contributed by atoms with Gasteiger partial charge in [-0.1, -0.05) is 60.9 Å². The normalized spacial score (nSPS) is 11.0. The molecule has 0 unspecified atom stereocenters. The van der Waals surface area contributed by atoms with Gasteiger partial charge in [0, 0.05) is 12.7 Å². The molecule has 0 aliphatic rings. The predicted molar refractivity (Wildman–Crippen MR) is 122 cm³/mol. The van der Waals surface area contributed by atoms with Crippen LogP contribution in [0.1, 0.15) is 31.2 Å². The summed E-state index contributed by atoms with van der Waals surface area (Å²) in [6, 6.07) is 13.0. The van der Waals surface area contributed by atoms with Crippen molar-refractivity contribution in [3.63, 3.8) is 0 Å². The number of nitrogens with zero attached hydrogens (tertiary/aromatic N) is 3. The summed E-state index contributed by atoms with van der Waals surface area (Å²) in [6.07, 6.45) is 0. The first-order chi connectivity index (χ1) is 14.3. The number of nitrogens with one attached hydrogen (secondary N) is 1. The van der Waals surface area contributed by atoms with Gasteiger partial charge in [-0.15, -0.1) is 10.2 Å². The summed E-state index contributed by atoms with van der Waals surface area (Å²) in [5.74, 6) is 1.94. The first-order valence-corrected chi connectivity index (χ1v) is 11.1. The molecule has 1 N–H and O–H groups in total. The van der Waals surface area contributed by atoms with Crippen LogP contribution in [0.25, 0.3) is 0 Å². The van der Waals surface area contributed by atoms with Crippen LogP contribution >= 0.6 is 35.0 Å². The van der Waals surface area contributed by atoms with Gasteiger partial charge >= 0.3 is 0 Å². The standard InChI is InChI=1S/C21H22Cl2N4O2S/c1-13(2)14-4-7-16(8-5-14)29-11-19-25-26-21(27(19)3)30-12-20(28)24-15-6-9-17(22)18(23)10-15/h4-10,13H,11-12H2,1-3H3,(H,24,28). The zero-order chi connectivity index (χ0) is 21.7. The van der Waals surface area contributed by atoms with Gasteiger partial charge in [-0.3, -0.25) is 4.79 Å². The molecule has 0 fully saturated rings. The van der Waals surface area contributed by atoms with Crippen LogP contribution in [-0.2, 0) is 18.4 Å². The highest BCUT2D eigenvalue weighted by molar-refractivity contribution is 7.99. The van der Waals surface area contributed by atoms with E-state index < -0.39 is 0 Å². The van der Waals surface area contributed by atoms with Crippen molar-refractivity contribution in [1.29, 1.82) is 0 Å². The van der Waals surface area contributed by atoms with Gasteiger partial charge in [-0.2, -0.15) is 0 Å². The highest BCUT2D eigenvalue weighted by atomic mass is 35.5. The van der Waals surface area contributed by atoms with Gasteiger partial charge in [0.1, 0.15) is 12.4 Å². The first-order valence-electron chi connectivity index (χ1n) is 9.32. The van der Waals surface area contributed by atoms with Crippen LogP contribution in [-0.4, -0.2) is 26.4 Å². The van der Waals surface area contributed by atoms with Gasteiger partial charge in [0.2, 0.25) is 5.91 Å². The van der Waals surface area contributed by atoms with E-state index in [1.54, 1.807) is 18.2 Å². The third-order valence-corrected chi connectivity index (χ3v) is 6.13. The van der Waals surface area contributed by atoms with Gasteiger partial charge in [-0.25, -0.2) is 0 Å². The summed E-state index contributed by atoms with van der Waals surface area (Å²) >= 11 is 13.1. The van der Waals surface area contributed by atoms with E-state index in [9.17, 15) is 4.79 Å². The van der Waals surface area contributed by atoms with Crippen LogP contribution in [0.2, 0.25) is 10.0 Å². The number of carbonyl (C=O) groups excluding carboxylic acids is 1. The van der Waals surface area contributed by atoms with Crippen molar-refractivity contribution in [1.82, 2.24) is 14.8 Å². The molecule has 30 heavy (non-hydrogen) atoms. The molecule has 1 heterocycles. The molecule has 0 radical (unpaired) electrons. The Labute approximate surface area is 189 Å². The number of ether oxygens (including phenoxy) is 1. The number of anilines is 1. The molecule has 0 spiro atoms. The summed E-state index contributed by atoms with van der Waals surface area (Å²) in [4.78, 5) is 12.2. The quantitative estimate of drug-likeness (QED) is 0.442. The van der Waals surface area contributed by atoms with Crippen molar-refractivity contribution in [2.45, 2.75) is 31.5 Å². The molecule has 6 nitrogen and oxygen atoms in total. The number of halogens is 2. The van der Waals surface area contributed by atoms with E-state index in [1.807, 2.05) is 23.7 Å². The van der Waals surface area contributed by atoms with Crippen LogP contribution in [0, 0.1) is 0 Å². The molecule has 0 saturated heterocycles. The van der Waals surface area contributed by atoms with Crippen LogP contribution in [0.15, 0.2) is 47.6 Å². The molecule has 1 amide bonds. The third-order valence-electron chi connectivity index (χ3n) is 4.38. The number of hydrogen-bond donors (Lipinski definition) is 1. The molecule has 0 bridgehead atoms. The molecule has 0 aliphatic carbocycles. The lowest BCUT2D eigenvalue weighted by atomic mass is 10.0. The fourth-order valence-electron chi connectivity index (χ4n) is 2.59. The molecule has 0 aliphatic heterocycles. The average molecular weight is 465 g/mol. The molecular weight excluding hydrogens is 443 g/mol. The van der Waals surface area contributed by atoms with E-state index in [4.69, 9.17) is 27.9 Å². The Bertz CT molecular complexity index is 1020. The summed E-state index contributed by atoms with van der Waals surface area (Å²) in [6.45, 7) is 4.60. The van der Waals surface area contributed by atoms with Crippen molar-refractivity contribution in [2.24, 2.45) is 7.05 Å². The first kappa shape index (κ1) is 22.5. The maximum atomic E-state index is 12.2. The minimum atomic E-state index is -0.176. The van der Waals surface area contributed by atoms with Crippen LogP contribution in [0.3, 0.4) is 0 Å². The van der Waals surface area contributed by atoms with Crippen molar-refractivity contribution < 1.29 is 9.53 Å². The van der Waals surface area contributed by atoms with Gasteiger partial charge in [-0.05, 0) is 41.8 Å². The Kier molecular flexibility index (Phi) is 7.64. The summed E-state index contributed by atoms with van der Waals surface area (Å²) in [5.41, 5.74) is 1.85. The molecule has 0 saturated carbocycles. The lowest BCUT2D eigenvalue weighted by Crippen LogP contribution is -2.14. The zero-order valence-electron chi connectivity index (χ0n) is 16.9. The van der Waals surface area contributed by atoms with E-state index in [2.05, 4.69) is 41.5 Å². The van der Waals surface area contributed by atoms with Gasteiger partial charge in [0.15, 0.2) is 11.0 Å². The number of hydrogen-bond acceptors (Lipinski definition) is 5. The van der Waals surface area contributed by atoms with Gasteiger partial charge in [0.25, 0.3) is 0 Å². The number of rotatable bonds is 8. The fraction of sp³-hybridized carbons (Fsp3) is 0.286. The monoisotopic (exact) mass is 464 g/mol. The number of amides is 1. The van der Waals surface area contributed by atoms with E-state index in [1.165, 1.54) is 17.3 Å². The highest BCUT2D eigenvalue weighted by Gasteiger charge is 2.13. The summed E-state index contributed by atoms with van der Waals surface area (Å²) in [7, 11) is 1.85. The number of aromatic nitrogens is 3. The maximum absolute atomic E-state index is 12.2. The van der Waals surface area contributed by atoms with E-state index in [0.29, 0.717) is 39.2 Å². The zero-order valence-corrected chi connectivity index (χ0v) is 19.2. The Balaban J connectivity index is 1.52. The van der Waals surface area contributed by atoms with Crippen molar-refractivity contribution in [3.8, 4) is 5.75 Å². The number of benzene rings is 2. The molecule has 9 heteroatoms. The average Bonchev–Trinajstić information content (AvgIpc) is 3.07. The minimum Gasteiger partial charge on any atom is -0.486 e. The fourth-order valence-corrected chi connectivity index (χ4v) is 3.62. The molecule has 158 valence electrons. The van der Waals surface area contributed by atoms with Crippen LogP contribution in [0.4, 0.5) is 5.69 Å². The Hall–Kier alpha value is -2.22. The summed E-state index contributed by atoms with van der Waals surface area (Å²) in [5, 5.41) is 12.6. The van der Waals surface area contributed by atoms with Crippen LogP contribution < -0.4 is 10.1 Å². The van der Waals surface area contributed by atoms with Crippen molar-refractivity contribution in [3.05, 3.63) is 63.9 Å². The van der Waals surface area contributed by atoms with E-state index in [0.717, 1.165) is 5.75 Å². The molecule has 0 atom stereocenters. The largest absolute Gasteiger partial charge is 0.486 e. The van der Waals surface area contributed by atoms with E-state index in [-0.39, 0.29) is 11.7 Å². The second-order valence-corrected chi connectivity index (χ2v) is 8.69. The molecular formula is C21H22Cl2N4O2S. The number of thioether (sulfide) groups is 1. The SMILES string of the molecule is CC(C)c1ccc(OCc2nnc(SCC(=O)Nc3ccc(Cl)c(Cl)c3)n2C)cc1. The molecule has 3 aromatic rings. The van der Waals surface area contributed by atoms with E-state index >= 15 is 0 Å². The minimum absolute atomic E-state index is 0.176. The number of carbonyl (C=O) groups is 1. The smallest absolute Gasteiger partial charge is 0.234 e. The molecule has 2 aromatic carbocycles. The molecule has 1 aromatic heterocycles. The second kappa shape index (κ2) is 10.2. The lowest BCUT2D eigenvalue weighted by molar-refractivity contribution is -0.113. The van der Waals surface area contributed by atoms with Gasteiger partial charge < -0.3 is 14.6 Å². The van der Waals surface area contributed by atoms with Crippen molar-refractivity contribution in [2.75, 3.05) is 11.1 Å². The topological polar surface area (TPSA) is 69.0 Å². The third kappa shape index (κ3) is 5.90. The predicted octanol–water partition coefficient (Wildman–Crippen LogP) is 5.56. The Morgan fingerprint density at radius 1 is 1.13 bits per heavy atom. The Morgan fingerprint density at radius 2 is 1.87 bits per heavy atom. The van der Waals surface area contributed by atoms with Crippen molar-refractivity contribution >= 4 is 46.6 Å². The Morgan fingerprint density at radius 3 is 2.53 bits per heavy atom. The lowest BCUT2D eigenvalue weighted by Gasteiger charge is -2.09.